The maximum Gasteiger partial charge on any atom is 0.179 e. The van der Waals surface area contributed by atoms with Gasteiger partial charge in [-0.2, -0.15) is 0 Å². The number of anilines is 1. The van der Waals surface area contributed by atoms with Crippen LogP contribution in [0.3, 0.4) is 0 Å². The summed E-state index contributed by atoms with van der Waals surface area (Å²) < 4.78 is 0. The smallest absolute Gasteiger partial charge is 0.179 e. The first kappa shape index (κ1) is 21.1. The summed E-state index contributed by atoms with van der Waals surface area (Å²) in [6.45, 7) is 5.76. The second-order valence-corrected chi connectivity index (χ2v) is 5.08. The van der Waals surface area contributed by atoms with Gasteiger partial charge in [0.05, 0.1) is 21.8 Å². The Balaban J connectivity index is 0. The van der Waals surface area contributed by atoms with Gasteiger partial charge in [-0.25, -0.2) is 0 Å². The molecule has 110 valence electrons. The quantitative estimate of drug-likeness (QED) is 0.639. The van der Waals surface area contributed by atoms with Gasteiger partial charge in [0.2, 0.25) is 0 Å². The molecular formula is C12H18Cl4N2O. The van der Waals surface area contributed by atoms with E-state index in [0.29, 0.717) is 21.3 Å². The molecule has 0 heterocycles. The number of nitrogens with two attached hydrogens (primary N) is 1. The summed E-state index contributed by atoms with van der Waals surface area (Å²) in [5, 5.41) is 3.73. The highest BCUT2D eigenvalue weighted by Crippen LogP contribution is 2.29. The monoisotopic (exact) mass is 346 g/mol. The summed E-state index contributed by atoms with van der Waals surface area (Å²) in [6.07, 6.45) is 0. The van der Waals surface area contributed by atoms with Crippen LogP contribution in [0.25, 0.3) is 0 Å². The molecule has 1 atom stereocenters. The molecule has 0 radical (unpaired) electrons. The summed E-state index contributed by atoms with van der Waals surface area (Å²) in [6, 6.07) is 3.03. The standard InChI is InChI=1S/C12H16Cl2N2O.2ClH/c1-6(2)16-7(3)12(17)8-4-9(13)11(15)10(14)5-8;;/h4-7,16H,15H2,1-3H3;2*1H. The van der Waals surface area contributed by atoms with E-state index in [1.54, 1.807) is 19.1 Å². The number of hydrogen-bond donors (Lipinski definition) is 2. The molecule has 7 heteroatoms. The van der Waals surface area contributed by atoms with Crippen LogP contribution >= 0.6 is 48.0 Å². The average molecular weight is 348 g/mol. The second-order valence-electron chi connectivity index (χ2n) is 4.26. The van der Waals surface area contributed by atoms with Crippen LogP contribution in [0.2, 0.25) is 10.0 Å². The van der Waals surface area contributed by atoms with E-state index in [0.717, 1.165) is 0 Å². The Bertz CT molecular complexity index is 415. The van der Waals surface area contributed by atoms with E-state index in [1.165, 1.54) is 0 Å². The van der Waals surface area contributed by atoms with Crippen molar-refractivity contribution in [3.05, 3.63) is 27.7 Å². The van der Waals surface area contributed by atoms with Gasteiger partial charge in [0.25, 0.3) is 0 Å². The van der Waals surface area contributed by atoms with Crippen molar-refractivity contribution in [3.8, 4) is 0 Å². The SMILES string of the molecule is CC(C)NC(C)C(=O)c1cc(Cl)c(N)c(Cl)c1.Cl.Cl. The van der Waals surface area contributed by atoms with E-state index in [1.807, 2.05) is 13.8 Å². The first-order chi connectivity index (χ1) is 7.82. The zero-order chi connectivity index (χ0) is 13.2. The number of rotatable bonds is 4. The minimum Gasteiger partial charge on any atom is -0.396 e. The average Bonchev–Trinajstić information content (AvgIpc) is 2.23. The van der Waals surface area contributed by atoms with Crippen molar-refractivity contribution in [2.45, 2.75) is 32.9 Å². The van der Waals surface area contributed by atoms with Crippen LogP contribution in [-0.2, 0) is 0 Å². The Labute approximate surface area is 136 Å². The molecule has 0 bridgehead atoms. The topological polar surface area (TPSA) is 55.1 Å². The summed E-state index contributed by atoms with van der Waals surface area (Å²) >= 11 is 11.8. The van der Waals surface area contributed by atoms with Gasteiger partial charge in [-0.15, -0.1) is 24.8 Å². The van der Waals surface area contributed by atoms with Gasteiger partial charge in [0.1, 0.15) is 0 Å². The molecule has 1 aromatic rings. The Hall–Kier alpha value is -0.190. The van der Waals surface area contributed by atoms with E-state index in [9.17, 15) is 4.79 Å². The molecule has 1 rings (SSSR count). The van der Waals surface area contributed by atoms with Crippen LogP contribution in [0.5, 0.6) is 0 Å². The molecule has 0 aliphatic heterocycles. The van der Waals surface area contributed by atoms with Crippen LogP contribution < -0.4 is 11.1 Å². The number of ketones is 1. The summed E-state index contributed by atoms with van der Waals surface area (Å²) in [7, 11) is 0. The molecule has 3 nitrogen and oxygen atoms in total. The van der Waals surface area contributed by atoms with Gasteiger partial charge in [0.15, 0.2) is 5.78 Å². The van der Waals surface area contributed by atoms with Gasteiger partial charge in [0, 0.05) is 11.6 Å². The maximum atomic E-state index is 12.1. The van der Waals surface area contributed by atoms with Crippen molar-refractivity contribution in [1.29, 1.82) is 0 Å². The van der Waals surface area contributed by atoms with Gasteiger partial charge < -0.3 is 11.1 Å². The summed E-state index contributed by atoms with van der Waals surface area (Å²) in [5.41, 5.74) is 6.38. The number of carbonyl (C=O) groups excluding carboxylic acids is 1. The third-order valence-electron chi connectivity index (χ3n) is 2.34. The highest BCUT2D eigenvalue weighted by Gasteiger charge is 2.17. The lowest BCUT2D eigenvalue weighted by Gasteiger charge is -2.16. The van der Waals surface area contributed by atoms with Crippen LogP contribution in [0.1, 0.15) is 31.1 Å². The van der Waals surface area contributed by atoms with Crippen LogP contribution in [0.15, 0.2) is 12.1 Å². The molecule has 0 aliphatic rings. The molecule has 3 N–H and O–H groups in total. The first-order valence-corrected chi connectivity index (χ1v) is 6.13. The normalized spacial score (nSPS) is 11.5. The number of halogens is 4. The van der Waals surface area contributed by atoms with Gasteiger partial charge >= 0.3 is 0 Å². The van der Waals surface area contributed by atoms with Gasteiger partial charge in [-0.1, -0.05) is 37.0 Å². The minimum atomic E-state index is -0.286. The fraction of sp³-hybridized carbons (Fsp3) is 0.417. The molecule has 0 fully saturated rings. The van der Waals surface area contributed by atoms with Crippen LogP contribution in [0.4, 0.5) is 5.69 Å². The molecule has 1 unspecified atom stereocenters. The molecule has 0 amide bonds. The van der Waals surface area contributed by atoms with E-state index in [4.69, 9.17) is 28.9 Å². The maximum absolute atomic E-state index is 12.1. The molecule has 19 heavy (non-hydrogen) atoms. The van der Waals surface area contributed by atoms with Crippen molar-refractivity contribution in [2.75, 3.05) is 5.73 Å². The molecule has 0 aromatic heterocycles. The summed E-state index contributed by atoms with van der Waals surface area (Å²) in [5.74, 6) is -0.0532. The fourth-order valence-corrected chi connectivity index (χ4v) is 2.04. The summed E-state index contributed by atoms with van der Waals surface area (Å²) in [4.78, 5) is 12.1. The Morgan fingerprint density at radius 3 is 1.95 bits per heavy atom. The van der Waals surface area contributed by atoms with E-state index < -0.39 is 0 Å². The molecule has 0 spiro atoms. The lowest BCUT2D eigenvalue weighted by molar-refractivity contribution is 0.0946. The predicted octanol–water partition coefficient (Wildman–Crippen LogP) is 3.99. The lowest BCUT2D eigenvalue weighted by Crippen LogP contribution is -2.38. The Morgan fingerprint density at radius 2 is 1.58 bits per heavy atom. The van der Waals surface area contributed by atoms with E-state index in [-0.39, 0.29) is 42.7 Å². The molecule has 0 saturated carbocycles. The number of Topliss-reactive ketones (excluding diaryl/α,β-unsaturated/α-hetero) is 1. The minimum absolute atomic E-state index is 0. The number of benzene rings is 1. The highest BCUT2D eigenvalue weighted by molar-refractivity contribution is 6.39. The zero-order valence-corrected chi connectivity index (χ0v) is 14.0. The highest BCUT2D eigenvalue weighted by atomic mass is 35.5. The first-order valence-electron chi connectivity index (χ1n) is 5.37. The molecule has 0 aliphatic carbocycles. The van der Waals surface area contributed by atoms with Crippen molar-refractivity contribution in [2.24, 2.45) is 0 Å². The van der Waals surface area contributed by atoms with Crippen LogP contribution in [-0.4, -0.2) is 17.9 Å². The largest absolute Gasteiger partial charge is 0.396 e. The number of carbonyl (C=O) groups is 1. The van der Waals surface area contributed by atoms with E-state index >= 15 is 0 Å². The van der Waals surface area contributed by atoms with Crippen molar-refractivity contribution < 1.29 is 4.79 Å². The van der Waals surface area contributed by atoms with Crippen molar-refractivity contribution >= 4 is 59.5 Å². The third kappa shape index (κ3) is 5.76. The van der Waals surface area contributed by atoms with Gasteiger partial charge in [-0.05, 0) is 19.1 Å². The lowest BCUT2D eigenvalue weighted by atomic mass is 10.0. The second kappa shape index (κ2) is 8.88. The fourth-order valence-electron chi connectivity index (χ4n) is 1.55. The van der Waals surface area contributed by atoms with Crippen LogP contribution in [0, 0.1) is 0 Å². The van der Waals surface area contributed by atoms with Gasteiger partial charge in [-0.3, -0.25) is 4.79 Å². The zero-order valence-electron chi connectivity index (χ0n) is 10.9. The number of nitrogens with one attached hydrogen (secondary N) is 1. The van der Waals surface area contributed by atoms with Crippen molar-refractivity contribution in [3.63, 3.8) is 0 Å². The Kier molecular flexibility index (Phi) is 9.87. The predicted molar refractivity (Wildman–Crippen MR) is 87.4 cm³/mol. The van der Waals surface area contributed by atoms with Crippen molar-refractivity contribution in [1.82, 2.24) is 5.32 Å². The molecular weight excluding hydrogens is 330 g/mol. The molecule has 0 saturated heterocycles. The number of hydrogen-bond acceptors (Lipinski definition) is 3. The molecule has 1 aromatic carbocycles. The number of nitrogen functional groups attached to an aromatic ring is 1. The Morgan fingerprint density at radius 1 is 1.16 bits per heavy atom. The third-order valence-corrected chi connectivity index (χ3v) is 2.97. The van der Waals surface area contributed by atoms with E-state index in [2.05, 4.69) is 5.32 Å².